The van der Waals surface area contributed by atoms with Gasteiger partial charge in [0.1, 0.15) is 0 Å². The Morgan fingerprint density at radius 3 is 0.560 bits per heavy atom. The summed E-state index contributed by atoms with van der Waals surface area (Å²) in [4.78, 5) is 25.7. The van der Waals surface area contributed by atoms with Gasteiger partial charge in [-0.3, -0.25) is 29.9 Å². The Labute approximate surface area is 302 Å². The third-order valence-electron chi connectivity index (χ3n) is 6.28. The molecule has 0 amide bonds. The first kappa shape index (κ1) is 41.7. The van der Waals surface area contributed by atoms with Crippen molar-refractivity contribution in [3.63, 3.8) is 0 Å². The van der Waals surface area contributed by atoms with Crippen LogP contribution in [0.1, 0.15) is 34.8 Å². The van der Waals surface area contributed by atoms with E-state index in [1.807, 2.05) is 110 Å². The van der Waals surface area contributed by atoms with E-state index in [0.29, 0.717) is 0 Å². The zero-order chi connectivity index (χ0) is 36.3. The van der Waals surface area contributed by atoms with Crippen LogP contribution in [-0.2, 0) is 19.5 Å². The molecule has 0 bridgehead atoms. The number of rotatable bonds is 3. The van der Waals surface area contributed by atoms with E-state index in [9.17, 15) is 25.2 Å². The van der Waals surface area contributed by atoms with Gasteiger partial charge in [0.2, 0.25) is 0 Å². The molecule has 50 heavy (non-hydrogen) atoms. The average Bonchev–Trinajstić information content (AvgIpc) is 3.00. The second-order valence-electron chi connectivity index (χ2n) is 11.3. The molecule has 6 aromatic heterocycles. The number of aryl methyl sites for hydroxylation is 6. The quantitative estimate of drug-likeness (QED) is 0.101. The molecule has 6 heterocycles. The van der Waals surface area contributed by atoms with Crippen molar-refractivity contribution in [2.45, 2.75) is 41.5 Å². The van der Waals surface area contributed by atoms with Crippen LogP contribution in [0.4, 0.5) is 25.2 Å². The van der Waals surface area contributed by atoms with Crippen LogP contribution < -0.4 is 0 Å². The molecule has 0 saturated heterocycles. The summed E-state index contributed by atoms with van der Waals surface area (Å²) in [5.41, 5.74) is 12.9. The maximum Gasteiger partial charge on any atom is 3.00 e. The second kappa shape index (κ2) is 17.0. The minimum atomic E-state index is -10.7. The molecule has 0 aliphatic rings. The second-order valence-corrected chi connectivity index (χ2v) is 13.2. The number of hydrogen-bond donors (Lipinski definition) is 0. The van der Waals surface area contributed by atoms with Gasteiger partial charge >= 0.3 is 53.9 Å². The molecule has 0 aliphatic heterocycles. The number of halogens is 6. The fourth-order valence-electron chi connectivity index (χ4n) is 4.06. The molecule has 0 unspecified atom stereocenters. The van der Waals surface area contributed by atoms with Crippen molar-refractivity contribution < 1.29 is 46.1 Å². The summed E-state index contributed by atoms with van der Waals surface area (Å²) in [6.45, 7) is 12.3. The molecular weight excluding hydrogens is 762 g/mol. The normalized spacial score (nSPS) is 11.8. The van der Waals surface area contributed by atoms with Gasteiger partial charge in [-0.05, 0) is 148 Å². The Kier molecular flexibility index (Phi) is 14.1. The van der Waals surface area contributed by atoms with Gasteiger partial charge in [0.25, 0.3) is 0 Å². The maximum absolute atomic E-state index is 10.7. The summed E-state index contributed by atoms with van der Waals surface area (Å²) in [7, 11) is -10.7. The summed E-state index contributed by atoms with van der Waals surface area (Å²) in [6.07, 6.45) is 10.9. The minimum absolute atomic E-state index is 0. The number of aromatic nitrogens is 6. The SMILES string of the molecule is Cc1ccnc(-c2cc(C)ccn2)c1.Cc1ccnc(-c2cc(C)ccn2)c1.Cc1ccnc(-c2cc(C)ccn2)c1.F[P-](F)(F)(F)(F)F.[H+].[Ru+3]. The van der Waals surface area contributed by atoms with Gasteiger partial charge in [0, 0.05) is 37.2 Å². The van der Waals surface area contributed by atoms with Gasteiger partial charge in [0.15, 0.2) is 0 Å². The summed E-state index contributed by atoms with van der Waals surface area (Å²) < 4.78 is 59.2. The average molecular weight is 800 g/mol. The van der Waals surface area contributed by atoms with Crippen molar-refractivity contribution in [2.24, 2.45) is 0 Å². The fraction of sp³-hybridized carbons (Fsp3) is 0.167. The molecule has 6 aromatic rings. The molecule has 6 rings (SSSR count). The summed E-state index contributed by atoms with van der Waals surface area (Å²) in [5.74, 6) is 0. The predicted molar refractivity (Wildman–Crippen MR) is 186 cm³/mol. The van der Waals surface area contributed by atoms with E-state index < -0.39 is 7.81 Å². The molecule has 0 N–H and O–H groups in total. The molecule has 0 atom stereocenters. The van der Waals surface area contributed by atoms with Gasteiger partial charge in [-0.1, -0.05) is 0 Å². The van der Waals surface area contributed by atoms with E-state index in [0.717, 1.165) is 34.2 Å². The molecule has 0 saturated carbocycles. The van der Waals surface area contributed by atoms with Crippen LogP contribution in [0.2, 0.25) is 0 Å². The first-order valence-corrected chi connectivity index (χ1v) is 16.9. The van der Waals surface area contributed by atoms with E-state index >= 15 is 0 Å². The van der Waals surface area contributed by atoms with Crippen molar-refractivity contribution >= 4 is 7.81 Å². The fourth-order valence-corrected chi connectivity index (χ4v) is 4.06. The van der Waals surface area contributed by atoms with Crippen LogP contribution in [0.25, 0.3) is 34.2 Å². The van der Waals surface area contributed by atoms with Crippen molar-refractivity contribution in [1.82, 2.24) is 29.9 Å². The van der Waals surface area contributed by atoms with E-state index in [-0.39, 0.29) is 20.9 Å². The summed E-state index contributed by atoms with van der Waals surface area (Å²) in [6, 6.07) is 24.2. The first-order chi connectivity index (χ1) is 22.7. The van der Waals surface area contributed by atoms with Crippen molar-refractivity contribution in [3.8, 4) is 34.2 Å². The van der Waals surface area contributed by atoms with Crippen molar-refractivity contribution in [3.05, 3.63) is 143 Å². The van der Waals surface area contributed by atoms with Crippen molar-refractivity contribution in [2.75, 3.05) is 0 Å². The van der Waals surface area contributed by atoms with E-state index in [2.05, 4.69) is 71.4 Å². The Morgan fingerprint density at radius 2 is 0.460 bits per heavy atom. The molecule has 263 valence electrons. The van der Waals surface area contributed by atoms with Crippen LogP contribution in [-0.4, -0.2) is 29.9 Å². The minimum Gasteiger partial charge on any atom is 1.00 e. The van der Waals surface area contributed by atoms with Gasteiger partial charge in [-0.25, -0.2) is 0 Å². The molecule has 0 aromatic carbocycles. The van der Waals surface area contributed by atoms with Gasteiger partial charge < -0.3 is 0 Å². The monoisotopic (exact) mass is 800 g/mol. The summed E-state index contributed by atoms with van der Waals surface area (Å²) in [5, 5.41) is 0. The topological polar surface area (TPSA) is 77.3 Å². The molecular formula is C36H37F6N6PRu+3. The number of hydrogen-bond acceptors (Lipinski definition) is 6. The Balaban J connectivity index is 0.000000345. The van der Waals surface area contributed by atoms with E-state index in [1.54, 1.807) is 0 Å². The molecule has 6 nitrogen and oxygen atoms in total. The molecule has 0 aliphatic carbocycles. The maximum atomic E-state index is 9.87. The van der Waals surface area contributed by atoms with Crippen LogP contribution in [0.5, 0.6) is 0 Å². The summed E-state index contributed by atoms with van der Waals surface area (Å²) >= 11 is 0. The smallest absolute Gasteiger partial charge is 1.00 e. The largest absolute Gasteiger partial charge is 3.00 e. The standard InChI is InChI=1S/3C12H12N2.F6P.Ru/c3*1-9-3-5-13-11(7-9)12-8-10(2)4-6-14-12;1-7(2,3,4,5)6;/h3*3-8H,1-2H3;;/q;;;-1;+3/p+1. The first-order valence-electron chi connectivity index (χ1n) is 14.9. The van der Waals surface area contributed by atoms with Crippen molar-refractivity contribution in [1.29, 1.82) is 0 Å². The van der Waals surface area contributed by atoms with E-state index in [4.69, 9.17) is 0 Å². The number of nitrogens with zero attached hydrogens (tertiary/aromatic N) is 6. The zero-order valence-electron chi connectivity index (χ0n) is 29.1. The van der Waals surface area contributed by atoms with E-state index in [1.165, 1.54) is 33.4 Å². The number of pyridine rings is 6. The Hall–Kier alpha value is -4.47. The van der Waals surface area contributed by atoms with Crippen LogP contribution >= 0.6 is 7.81 Å². The van der Waals surface area contributed by atoms with Gasteiger partial charge in [-0.15, -0.1) is 0 Å². The molecule has 1 radical (unpaired) electrons. The molecule has 14 heteroatoms. The van der Waals surface area contributed by atoms with Crippen LogP contribution in [0, 0.1) is 41.5 Å². The third-order valence-corrected chi connectivity index (χ3v) is 6.28. The van der Waals surface area contributed by atoms with Crippen LogP contribution in [0.15, 0.2) is 110 Å². The third kappa shape index (κ3) is 17.3. The van der Waals surface area contributed by atoms with Crippen LogP contribution in [0.3, 0.4) is 0 Å². The Bertz CT molecular complexity index is 1670. The molecule has 0 fully saturated rings. The zero-order valence-corrected chi connectivity index (χ0v) is 30.8. The van der Waals surface area contributed by atoms with Gasteiger partial charge in [-0.2, -0.15) is 0 Å². The Morgan fingerprint density at radius 1 is 0.340 bits per heavy atom. The van der Waals surface area contributed by atoms with Gasteiger partial charge in [0.05, 0.1) is 34.2 Å². The molecule has 0 spiro atoms. The predicted octanol–water partition coefficient (Wildman–Crippen LogP) is 11.8.